The highest BCUT2D eigenvalue weighted by atomic mass is 15.5. The summed E-state index contributed by atoms with van der Waals surface area (Å²) in [5.41, 5.74) is 4.11. The maximum atomic E-state index is 4.79. The zero-order chi connectivity index (χ0) is 16.2. The molecule has 1 saturated heterocycles. The molecule has 1 fully saturated rings. The van der Waals surface area contributed by atoms with Gasteiger partial charge in [-0.25, -0.2) is 0 Å². The van der Waals surface area contributed by atoms with E-state index in [2.05, 4.69) is 22.3 Å². The van der Waals surface area contributed by atoms with Crippen molar-refractivity contribution in [3.63, 3.8) is 0 Å². The standard InChI is InChI=1S/C19H21N5/c1-3-7-16(8-4-1)19-18(15-23-13-11-20-12-14-23)21-24(22-19)17-9-5-2-6-10-17/h1-10,20H,11-15H2. The molecule has 4 rings (SSSR count). The number of piperazine rings is 1. The first-order chi connectivity index (χ1) is 11.9. The number of hydrogen-bond acceptors (Lipinski definition) is 4. The summed E-state index contributed by atoms with van der Waals surface area (Å²) >= 11 is 0. The first kappa shape index (κ1) is 15.1. The molecule has 2 heterocycles. The van der Waals surface area contributed by atoms with Crippen LogP contribution in [-0.4, -0.2) is 46.1 Å². The molecule has 1 N–H and O–H groups in total. The predicted octanol–water partition coefficient (Wildman–Crippen LogP) is 2.34. The Morgan fingerprint density at radius 1 is 0.833 bits per heavy atom. The lowest BCUT2D eigenvalue weighted by Gasteiger charge is -2.26. The summed E-state index contributed by atoms with van der Waals surface area (Å²) in [6.45, 7) is 5.00. The smallest absolute Gasteiger partial charge is 0.118 e. The van der Waals surface area contributed by atoms with Crippen LogP contribution in [0.15, 0.2) is 60.7 Å². The van der Waals surface area contributed by atoms with Crippen molar-refractivity contribution >= 4 is 0 Å². The zero-order valence-electron chi connectivity index (χ0n) is 13.6. The van der Waals surface area contributed by atoms with Gasteiger partial charge in [0, 0.05) is 38.3 Å². The van der Waals surface area contributed by atoms with Crippen molar-refractivity contribution in [3.8, 4) is 16.9 Å². The van der Waals surface area contributed by atoms with Gasteiger partial charge in [0.25, 0.3) is 0 Å². The van der Waals surface area contributed by atoms with Crippen LogP contribution in [0.1, 0.15) is 5.69 Å². The Bertz CT molecular complexity index is 776. The second kappa shape index (κ2) is 6.95. The molecule has 5 heteroatoms. The molecule has 0 spiro atoms. The molecule has 3 aromatic rings. The molecule has 0 amide bonds. The topological polar surface area (TPSA) is 46.0 Å². The fourth-order valence-corrected chi connectivity index (χ4v) is 3.02. The molecular formula is C19H21N5. The number of aromatic nitrogens is 3. The lowest BCUT2D eigenvalue weighted by Crippen LogP contribution is -2.43. The van der Waals surface area contributed by atoms with Crippen molar-refractivity contribution in [1.82, 2.24) is 25.2 Å². The van der Waals surface area contributed by atoms with Gasteiger partial charge in [-0.3, -0.25) is 4.90 Å². The van der Waals surface area contributed by atoms with Crippen LogP contribution in [0.2, 0.25) is 0 Å². The molecule has 1 aliphatic rings. The number of rotatable bonds is 4. The van der Waals surface area contributed by atoms with E-state index in [1.807, 2.05) is 48.5 Å². The van der Waals surface area contributed by atoms with Crippen LogP contribution in [-0.2, 0) is 6.54 Å². The van der Waals surface area contributed by atoms with E-state index in [1.165, 1.54) is 0 Å². The number of nitrogens with one attached hydrogen (secondary N) is 1. The van der Waals surface area contributed by atoms with Crippen LogP contribution >= 0.6 is 0 Å². The largest absolute Gasteiger partial charge is 0.314 e. The van der Waals surface area contributed by atoms with E-state index in [9.17, 15) is 0 Å². The van der Waals surface area contributed by atoms with E-state index in [-0.39, 0.29) is 0 Å². The first-order valence-electron chi connectivity index (χ1n) is 8.40. The lowest BCUT2D eigenvalue weighted by molar-refractivity contribution is 0.230. The van der Waals surface area contributed by atoms with Gasteiger partial charge in [0.2, 0.25) is 0 Å². The van der Waals surface area contributed by atoms with Crippen molar-refractivity contribution in [2.24, 2.45) is 0 Å². The molecule has 0 bridgehead atoms. The first-order valence-corrected chi connectivity index (χ1v) is 8.40. The number of nitrogens with zero attached hydrogens (tertiary/aromatic N) is 4. The van der Waals surface area contributed by atoms with Gasteiger partial charge < -0.3 is 5.32 Å². The van der Waals surface area contributed by atoms with Gasteiger partial charge in [-0.2, -0.15) is 9.90 Å². The maximum Gasteiger partial charge on any atom is 0.118 e. The minimum atomic E-state index is 0.832. The Balaban J connectivity index is 1.71. The van der Waals surface area contributed by atoms with Crippen LogP contribution in [0, 0.1) is 0 Å². The van der Waals surface area contributed by atoms with Crippen LogP contribution in [0.5, 0.6) is 0 Å². The molecule has 5 nitrogen and oxygen atoms in total. The number of hydrogen-bond donors (Lipinski definition) is 1. The Hall–Kier alpha value is -2.50. The van der Waals surface area contributed by atoms with Crippen LogP contribution < -0.4 is 5.32 Å². The third-order valence-electron chi connectivity index (χ3n) is 4.30. The highest BCUT2D eigenvalue weighted by molar-refractivity contribution is 5.61. The van der Waals surface area contributed by atoms with Gasteiger partial charge in [0.05, 0.1) is 5.69 Å². The van der Waals surface area contributed by atoms with Gasteiger partial charge in [-0.15, -0.1) is 5.10 Å². The van der Waals surface area contributed by atoms with E-state index in [1.54, 1.807) is 4.80 Å². The van der Waals surface area contributed by atoms with Gasteiger partial charge >= 0.3 is 0 Å². The van der Waals surface area contributed by atoms with E-state index in [4.69, 9.17) is 10.2 Å². The fourth-order valence-electron chi connectivity index (χ4n) is 3.02. The molecule has 1 aromatic heterocycles. The van der Waals surface area contributed by atoms with Gasteiger partial charge in [0.15, 0.2) is 0 Å². The third kappa shape index (κ3) is 3.22. The number of benzene rings is 2. The summed E-state index contributed by atoms with van der Waals surface area (Å²) in [6.07, 6.45) is 0. The van der Waals surface area contributed by atoms with Crippen LogP contribution in [0.3, 0.4) is 0 Å². The molecule has 0 aliphatic carbocycles. The highest BCUT2D eigenvalue weighted by Gasteiger charge is 2.18. The Kier molecular flexibility index (Phi) is 4.36. The summed E-state index contributed by atoms with van der Waals surface area (Å²) < 4.78 is 0. The van der Waals surface area contributed by atoms with Gasteiger partial charge in [0.1, 0.15) is 11.4 Å². The molecule has 122 valence electrons. The van der Waals surface area contributed by atoms with E-state index < -0.39 is 0 Å². The van der Waals surface area contributed by atoms with Crippen LogP contribution in [0.4, 0.5) is 0 Å². The minimum absolute atomic E-state index is 0.832. The van der Waals surface area contributed by atoms with E-state index >= 15 is 0 Å². The molecule has 1 aliphatic heterocycles. The van der Waals surface area contributed by atoms with E-state index in [0.717, 1.165) is 55.4 Å². The Morgan fingerprint density at radius 3 is 2.21 bits per heavy atom. The van der Waals surface area contributed by atoms with Crippen molar-refractivity contribution in [2.45, 2.75) is 6.54 Å². The summed E-state index contributed by atoms with van der Waals surface area (Å²) in [5.74, 6) is 0. The van der Waals surface area contributed by atoms with Crippen LogP contribution in [0.25, 0.3) is 16.9 Å². The van der Waals surface area contributed by atoms with Crippen molar-refractivity contribution in [2.75, 3.05) is 26.2 Å². The molecule has 0 saturated carbocycles. The monoisotopic (exact) mass is 319 g/mol. The highest BCUT2D eigenvalue weighted by Crippen LogP contribution is 2.22. The van der Waals surface area contributed by atoms with Gasteiger partial charge in [-0.05, 0) is 12.1 Å². The minimum Gasteiger partial charge on any atom is -0.314 e. The summed E-state index contributed by atoms with van der Waals surface area (Å²) in [5, 5.41) is 13.0. The summed E-state index contributed by atoms with van der Waals surface area (Å²) in [6, 6.07) is 20.4. The molecule has 2 aromatic carbocycles. The van der Waals surface area contributed by atoms with E-state index in [0.29, 0.717) is 0 Å². The SMILES string of the molecule is c1ccc(-c2nn(-c3ccccc3)nc2CN2CCNCC2)cc1. The Labute approximate surface area is 141 Å². The molecule has 24 heavy (non-hydrogen) atoms. The zero-order valence-corrected chi connectivity index (χ0v) is 13.6. The molecule has 0 unspecified atom stereocenters. The summed E-state index contributed by atoms with van der Waals surface area (Å²) in [4.78, 5) is 4.18. The van der Waals surface area contributed by atoms with Crippen molar-refractivity contribution < 1.29 is 0 Å². The normalized spacial score (nSPS) is 15.5. The average Bonchev–Trinajstić information content (AvgIpc) is 3.08. The average molecular weight is 319 g/mol. The van der Waals surface area contributed by atoms with Gasteiger partial charge in [-0.1, -0.05) is 48.5 Å². The lowest BCUT2D eigenvalue weighted by atomic mass is 10.1. The fraction of sp³-hybridized carbons (Fsp3) is 0.263. The molecule has 0 atom stereocenters. The quantitative estimate of drug-likeness (QED) is 0.802. The maximum absolute atomic E-state index is 4.79. The van der Waals surface area contributed by atoms with Crippen molar-refractivity contribution in [1.29, 1.82) is 0 Å². The predicted molar refractivity (Wildman–Crippen MR) is 94.9 cm³/mol. The second-order valence-corrected chi connectivity index (χ2v) is 6.01. The molecular weight excluding hydrogens is 298 g/mol. The number of para-hydroxylation sites is 1. The third-order valence-corrected chi connectivity index (χ3v) is 4.30. The molecule has 0 radical (unpaired) electrons. The summed E-state index contributed by atoms with van der Waals surface area (Å²) in [7, 11) is 0. The Morgan fingerprint density at radius 2 is 1.50 bits per heavy atom. The second-order valence-electron chi connectivity index (χ2n) is 6.01. The van der Waals surface area contributed by atoms with Crippen molar-refractivity contribution in [3.05, 3.63) is 66.4 Å².